The van der Waals surface area contributed by atoms with Gasteiger partial charge in [-0.1, -0.05) is 73.7 Å². The highest BCUT2D eigenvalue weighted by molar-refractivity contribution is 5.94. The van der Waals surface area contributed by atoms with Crippen molar-refractivity contribution >= 4 is 5.91 Å². The van der Waals surface area contributed by atoms with E-state index in [9.17, 15) is 4.79 Å². The first-order valence-electron chi connectivity index (χ1n) is 10.4. The number of nitrogens with one attached hydrogen (secondary N) is 1. The zero-order valence-electron chi connectivity index (χ0n) is 17.0. The number of amides is 1. The van der Waals surface area contributed by atoms with Crippen LogP contribution in [0.4, 0.5) is 0 Å². The van der Waals surface area contributed by atoms with E-state index in [1.807, 2.05) is 30.3 Å². The van der Waals surface area contributed by atoms with Gasteiger partial charge in [0.2, 0.25) is 0 Å². The van der Waals surface area contributed by atoms with Crippen LogP contribution in [0.1, 0.15) is 45.5 Å². The van der Waals surface area contributed by atoms with Crippen LogP contribution in [0.2, 0.25) is 0 Å². The molecule has 4 rings (SSSR count). The standard InChI is InChI=1S/C26H28N2O/c1-20(22-7-3-2-4-8-22)17-27-26(29)24-13-11-21(12-14-24)18-28-16-15-23-9-5-6-10-25(23)19-28/h2-14,20H,15-19H2,1H3,(H,27,29). The van der Waals surface area contributed by atoms with Crippen LogP contribution < -0.4 is 5.32 Å². The van der Waals surface area contributed by atoms with Crippen LogP contribution in [0.15, 0.2) is 78.9 Å². The molecule has 3 aromatic rings. The molecular formula is C26H28N2O. The molecule has 0 saturated heterocycles. The zero-order chi connectivity index (χ0) is 20.1. The summed E-state index contributed by atoms with van der Waals surface area (Å²) in [5.74, 6) is 0.285. The van der Waals surface area contributed by atoms with Gasteiger partial charge in [-0.15, -0.1) is 0 Å². The molecule has 1 aliphatic rings. The molecule has 0 fully saturated rings. The molecule has 3 aromatic carbocycles. The minimum atomic E-state index is -0.00812. The molecule has 148 valence electrons. The molecule has 1 N–H and O–H groups in total. The molecule has 3 nitrogen and oxygen atoms in total. The third kappa shape index (κ3) is 4.93. The fourth-order valence-electron chi connectivity index (χ4n) is 3.96. The topological polar surface area (TPSA) is 32.3 Å². The van der Waals surface area contributed by atoms with E-state index in [1.54, 1.807) is 0 Å². The highest BCUT2D eigenvalue weighted by atomic mass is 16.1. The summed E-state index contributed by atoms with van der Waals surface area (Å²) in [7, 11) is 0. The third-order valence-electron chi connectivity index (χ3n) is 5.77. The lowest BCUT2D eigenvalue weighted by Crippen LogP contribution is -2.30. The molecule has 1 atom stereocenters. The monoisotopic (exact) mass is 384 g/mol. The summed E-state index contributed by atoms with van der Waals surface area (Å²) in [6.45, 7) is 5.76. The second kappa shape index (κ2) is 9.06. The van der Waals surface area contributed by atoms with Gasteiger partial charge >= 0.3 is 0 Å². The maximum Gasteiger partial charge on any atom is 0.251 e. The van der Waals surface area contributed by atoms with Crippen molar-refractivity contribution in [1.82, 2.24) is 10.2 Å². The van der Waals surface area contributed by atoms with Crippen molar-refractivity contribution in [3.05, 3.63) is 107 Å². The van der Waals surface area contributed by atoms with Gasteiger partial charge in [-0.05, 0) is 46.7 Å². The van der Waals surface area contributed by atoms with Gasteiger partial charge in [0, 0.05) is 31.7 Å². The number of hydrogen-bond donors (Lipinski definition) is 1. The largest absolute Gasteiger partial charge is 0.351 e. The van der Waals surface area contributed by atoms with E-state index >= 15 is 0 Å². The minimum Gasteiger partial charge on any atom is -0.351 e. The van der Waals surface area contributed by atoms with Crippen LogP contribution in [-0.4, -0.2) is 23.9 Å². The number of carbonyl (C=O) groups is 1. The van der Waals surface area contributed by atoms with E-state index in [1.165, 1.54) is 22.3 Å². The Balaban J connectivity index is 1.30. The van der Waals surface area contributed by atoms with Crippen molar-refractivity contribution in [2.75, 3.05) is 13.1 Å². The normalized spacial score (nSPS) is 14.8. The molecule has 0 aromatic heterocycles. The van der Waals surface area contributed by atoms with Crippen LogP contribution in [0.3, 0.4) is 0 Å². The lowest BCUT2D eigenvalue weighted by molar-refractivity contribution is 0.0951. The Morgan fingerprint density at radius 1 is 0.931 bits per heavy atom. The number of benzene rings is 3. The van der Waals surface area contributed by atoms with Crippen molar-refractivity contribution in [1.29, 1.82) is 0 Å². The fourth-order valence-corrected chi connectivity index (χ4v) is 3.96. The first kappa shape index (κ1) is 19.4. The first-order valence-corrected chi connectivity index (χ1v) is 10.4. The van der Waals surface area contributed by atoms with Gasteiger partial charge in [0.05, 0.1) is 0 Å². The summed E-state index contributed by atoms with van der Waals surface area (Å²) in [6, 6.07) is 27.0. The van der Waals surface area contributed by atoms with E-state index in [4.69, 9.17) is 0 Å². The van der Waals surface area contributed by atoms with Crippen molar-refractivity contribution in [3.63, 3.8) is 0 Å². The molecule has 3 heteroatoms. The van der Waals surface area contributed by atoms with Crippen molar-refractivity contribution < 1.29 is 4.79 Å². The van der Waals surface area contributed by atoms with Gasteiger partial charge in [0.25, 0.3) is 5.91 Å². The van der Waals surface area contributed by atoms with Crippen molar-refractivity contribution in [3.8, 4) is 0 Å². The Morgan fingerprint density at radius 2 is 1.62 bits per heavy atom. The molecule has 1 amide bonds. The number of fused-ring (bicyclic) bond motifs is 1. The number of carbonyl (C=O) groups excluding carboxylic acids is 1. The lowest BCUT2D eigenvalue weighted by atomic mass is 9.99. The predicted octanol–water partition coefficient (Wildman–Crippen LogP) is 4.78. The molecule has 1 unspecified atom stereocenters. The lowest BCUT2D eigenvalue weighted by Gasteiger charge is -2.28. The van der Waals surface area contributed by atoms with Gasteiger partial charge < -0.3 is 5.32 Å². The summed E-state index contributed by atoms with van der Waals surface area (Å²) in [6.07, 6.45) is 1.11. The Morgan fingerprint density at radius 3 is 2.38 bits per heavy atom. The Hall–Kier alpha value is -2.91. The van der Waals surface area contributed by atoms with Gasteiger partial charge in [-0.25, -0.2) is 0 Å². The van der Waals surface area contributed by atoms with Gasteiger partial charge in [0.1, 0.15) is 0 Å². The highest BCUT2D eigenvalue weighted by Gasteiger charge is 2.16. The van der Waals surface area contributed by atoms with Gasteiger partial charge in [-0.3, -0.25) is 9.69 Å². The molecule has 0 aliphatic carbocycles. The Kier molecular flexibility index (Phi) is 6.06. The smallest absolute Gasteiger partial charge is 0.251 e. The quantitative estimate of drug-likeness (QED) is 0.663. The molecule has 0 bridgehead atoms. The van der Waals surface area contributed by atoms with Crippen LogP contribution in [-0.2, 0) is 19.5 Å². The molecule has 0 saturated carbocycles. The summed E-state index contributed by atoms with van der Waals surface area (Å²) < 4.78 is 0. The van der Waals surface area contributed by atoms with E-state index in [0.717, 1.165) is 31.6 Å². The number of rotatable bonds is 6. The Labute approximate surface area is 173 Å². The predicted molar refractivity (Wildman–Crippen MR) is 118 cm³/mol. The molecule has 1 heterocycles. The summed E-state index contributed by atoms with van der Waals surface area (Å²) in [5, 5.41) is 3.06. The molecular weight excluding hydrogens is 356 g/mol. The summed E-state index contributed by atoms with van der Waals surface area (Å²) in [5.41, 5.74) is 6.12. The second-order valence-electron chi connectivity index (χ2n) is 7.95. The second-order valence-corrected chi connectivity index (χ2v) is 7.95. The van der Waals surface area contributed by atoms with Gasteiger partial charge in [0.15, 0.2) is 0 Å². The zero-order valence-corrected chi connectivity index (χ0v) is 17.0. The van der Waals surface area contributed by atoms with Crippen molar-refractivity contribution in [2.24, 2.45) is 0 Å². The highest BCUT2D eigenvalue weighted by Crippen LogP contribution is 2.20. The summed E-state index contributed by atoms with van der Waals surface area (Å²) in [4.78, 5) is 15.0. The van der Waals surface area contributed by atoms with E-state index in [2.05, 4.69) is 65.7 Å². The van der Waals surface area contributed by atoms with E-state index < -0.39 is 0 Å². The van der Waals surface area contributed by atoms with Crippen molar-refractivity contribution in [2.45, 2.75) is 32.4 Å². The maximum absolute atomic E-state index is 12.5. The average molecular weight is 385 g/mol. The summed E-state index contributed by atoms with van der Waals surface area (Å²) >= 11 is 0. The van der Waals surface area contributed by atoms with Crippen LogP contribution in [0.25, 0.3) is 0 Å². The first-order chi connectivity index (χ1) is 14.2. The molecule has 29 heavy (non-hydrogen) atoms. The number of nitrogens with zero attached hydrogens (tertiary/aromatic N) is 1. The van der Waals surface area contributed by atoms with E-state index in [0.29, 0.717) is 12.5 Å². The minimum absolute atomic E-state index is 0.00812. The molecule has 1 aliphatic heterocycles. The van der Waals surface area contributed by atoms with Crippen LogP contribution >= 0.6 is 0 Å². The third-order valence-corrected chi connectivity index (χ3v) is 5.77. The average Bonchev–Trinajstić information content (AvgIpc) is 2.78. The molecule has 0 spiro atoms. The number of hydrogen-bond acceptors (Lipinski definition) is 2. The van der Waals surface area contributed by atoms with Gasteiger partial charge in [-0.2, -0.15) is 0 Å². The van der Waals surface area contributed by atoms with E-state index in [-0.39, 0.29) is 5.91 Å². The fraction of sp³-hybridized carbons (Fsp3) is 0.269. The van der Waals surface area contributed by atoms with Crippen LogP contribution in [0, 0.1) is 0 Å². The Bertz CT molecular complexity index is 950. The van der Waals surface area contributed by atoms with Crippen LogP contribution in [0.5, 0.6) is 0 Å². The SMILES string of the molecule is CC(CNC(=O)c1ccc(CN2CCc3ccccc3C2)cc1)c1ccccc1. The maximum atomic E-state index is 12.5. The molecule has 0 radical (unpaired) electrons.